The van der Waals surface area contributed by atoms with Crippen LogP contribution >= 0.6 is 23.1 Å². The average Bonchev–Trinajstić information content (AvgIpc) is 3.19. The Hall–Kier alpha value is -2.19. The molecule has 1 N–H and O–H groups in total. The maximum Gasteiger partial charge on any atom is 0.239 e. The summed E-state index contributed by atoms with van der Waals surface area (Å²) in [6, 6.07) is 8.04. The first-order valence-electron chi connectivity index (χ1n) is 7.38. The van der Waals surface area contributed by atoms with Crippen molar-refractivity contribution in [1.29, 1.82) is 0 Å². The molecule has 0 saturated heterocycles. The van der Waals surface area contributed by atoms with Crippen molar-refractivity contribution < 1.29 is 4.79 Å². The first kappa shape index (κ1) is 16.7. The molecular weight excluding hydrogens is 342 g/mol. The summed E-state index contributed by atoms with van der Waals surface area (Å²) in [6.07, 6.45) is 1.66. The lowest BCUT2D eigenvalue weighted by Gasteiger charge is -2.10. The van der Waals surface area contributed by atoms with E-state index in [1.807, 2.05) is 55.1 Å². The topological polar surface area (TPSA) is 72.7 Å². The molecule has 3 aromatic rings. The Morgan fingerprint density at radius 3 is 2.83 bits per heavy atom. The lowest BCUT2D eigenvalue weighted by atomic mass is 10.1. The van der Waals surface area contributed by atoms with E-state index in [1.54, 1.807) is 6.20 Å². The Labute approximate surface area is 148 Å². The fourth-order valence-electron chi connectivity index (χ4n) is 2.18. The lowest BCUT2D eigenvalue weighted by Crippen LogP contribution is -2.22. The highest BCUT2D eigenvalue weighted by Gasteiger charge is 2.20. The summed E-state index contributed by atoms with van der Waals surface area (Å²) in [5.74, 6) is 0.693. The van der Waals surface area contributed by atoms with Gasteiger partial charge in [0.1, 0.15) is 0 Å². The zero-order valence-electron chi connectivity index (χ0n) is 13.6. The van der Waals surface area contributed by atoms with Crippen LogP contribution < -0.4 is 5.32 Å². The Balaban J connectivity index is 1.74. The Bertz CT molecular complexity index is 844. The van der Waals surface area contributed by atoms with Crippen LogP contribution in [-0.4, -0.2) is 30.9 Å². The molecule has 8 heteroatoms. The van der Waals surface area contributed by atoms with Gasteiger partial charge < -0.3 is 9.88 Å². The molecule has 3 rings (SSSR count). The molecule has 1 atom stereocenters. The van der Waals surface area contributed by atoms with Gasteiger partial charge >= 0.3 is 0 Å². The maximum atomic E-state index is 12.2. The number of aryl methyl sites for hydroxylation is 1. The molecule has 0 fully saturated rings. The molecule has 24 heavy (non-hydrogen) atoms. The summed E-state index contributed by atoms with van der Waals surface area (Å²) in [5.41, 5.74) is 2.18. The van der Waals surface area contributed by atoms with Crippen molar-refractivity contribution in [2.75, 3.05) is 5.32 Å². The predicted molar refractivity (Wildman–Crippen MR) is 97.2 cm³/mol. The van der Waals surface area contributed by atoms with Gasteiger partial charge in [0, 0.05) is 24.2 Å². The van der Waals surface area contributed by atoms with Crippen molar-refractivity contribution in [1.82, 2.24) is 19.7 Å². The second kappa shape index (κ2) is 7.14. The molecule has 2 aromatic heterocycles. The Kier molecular flexibility index (Phi) is 4.96. The molecule has 0 bridgehead atoms. The quantitative estimate of drug-likeness (QED) is 0.707. The number of nitrogens with zero attached hydrogens (tertiary/aromatic N) is 4. The number of hydrogen-bond acceptors (Lipinski definition) is 6. The first-order valence-corrected chi connectivity index (χ1v) is 9.14. The minimum absolute atomic E-state index is 0.101. The Morgan fingerprint density at radius 2 is 2.12 bits per heavy atom. The number of nitrogens with one attached hydrogen (secondary N) is 1. The van der Waals surface area contributed by atoms with Crippen LogP contribution in [0.25, 0.3) is 11.4 Å². The van der Waals surface area contributed by atoms with E-state index in [1.165, 1.54) is 23.1 Å². The van der Waals surface area contributed by atoms with Crippen LogP contribution in [0.3, 0.4) is 0 Å². The van der Waals surface area contributed by atoms with E-state index in [9.17, 15) is 4.79 Å². The van der Waals surface area contributed by atoms with Crippen molar-refractivity contribution >= 4 is 34.1 Å². The van der Waals surface area contributed by atoms with Gasteiger partial charge in [-0.15, -0.1) is 21.5 Å². The standard InChI is InChI=1S/C16H17N5OS2/c1-10-6-4-5-7-12(10)13-19-20-16(21(13)3)24-11(2)14(22)18-15-17-8-9-23-15/h4-9,11H,1-3H3,(H,17,18,22)/t11-/m0/s1. The van der Waals surface area contributed by atoms with E-state index in [0.717, 1.165) is 17.0 Å². The molecule has 124 valence electrons. The van der Waals surface area contributed by atoms with Crippen molar-refractivity contribution in [2.45, 2.75) is 24.3 Å². The van der Waals surface area contributed by atoms with Crippen LogP contribution in [0.1, 0.15) is 12.5 Å². The van der Waals surface area contributed by atoms with Gasteiger partial charge in [-0.05, 0) is 19.4 Å². The number of amides is 1. The third-order valence-electron chi connectivity index (χ3n) is 3.53. The minimum Gasteiger partial charge on any atom is -0.305 e. The summed E-state index contributed by atoms with van der Waals surface area (Å²) in [7, 11) is 1.91. The highest BCUT2D eigenvalue weighted by molar-refractivity contribution is 8.00. The van der Waals surface area contributed by atoms with Crippen LogP contribution in [0.4, 0.5) is 5.13 Å². The molecule has 0 aliphatic heterocycles. The number of carbonyl (C=O) groups is 1. The molecule has 1 amide bonds. The van der Waals surface area contributed by atoms with E-state index in [2.05, 4.69) is 20.5 Å². The largest absolute Gasteiger partial charge is 0.305 e. The van der Waals surface area contributed by atoms with Gasteiger partial charge in [-0.2, -0.15) is 0 Å². The monoisotopic (exact) mass is 359 g/mol. The summed E-state index contributed by atoms with van der Waals surface area (Å²) in [4.78, 5) is 16.3. The molecule has 2 heterocycles. The molecule has 6 nitrogen and oxygen atoms in total. The summed E-state index contributed by atoms with van der Waals surface area (Å²) in [5, 5.41) is 14.1. The van der Waals surface area contributed by atoms with Crippen molar-refractivity contribution in [3.8, 4) is 11.4 Å². The average molecular weight is 359 g/mol. The van der Waals surface area contributed by atoms with E-state index in [-0.39, 0.29) is 11.2 Å². The van der Waals surface area contributed by atoms with Gasteiger partial charge in [0.2, 0.25) is 5.91 Å². The normalized spacial score (nSPS) is 12.1. The highest BCUT2D eigenvalue weighted by Crippen LogP contribution is 2.27. The molecule has 0 radical (unpaired) electrons. The number of benzene rings is 1. The number of thioether (sulfide) groups is 1. The fourth-order valence-corrected chi connectivity index (χ4v) is 3.53. The first-order chi connectivity index (χ1) is 11.6. The number of anilines is 1. The molecule has 0 unspecified atom stereocenters. The second-order valence-electron chi connectivity index (χ2n) is 5.27. The molecule has 0 aliphatic carbocycles. The lowest BCUT2D eigenvalue weighted by molar-refractivity contribution is -0.115. The fraction of sp³-hybridized carbons (Fsp3) is 0.250. The molecule has 0 aliphatic rings. The van der Waals surface area contributed by atoms with Crippen LogP contribution in [0.5, 0.6) is 0 Å². The SMILES string of the molecule is Cc1ccccc1-c1nnc(S[C@@H](C)C(=O)Nc2nccs2)n1C. The predicted octanol–water partition coefficient (Wildman–Crippen LogP) is 3.37. The smallest absolute Gasteiger partial charge is 0.239 e. The molecule has 1 aromatic carbocycles. The van der Waals surface area contributed by atoms with Gasteiger partial charge in [-0.1, -0.05) is 36.0 Å². The second-order valence-corrected chi connectivity index (χ2v) is 7.47. The molecular formula is C16H17N5OS2. The van der Waals surface area contributed by atoms with Crippen LogP contribution in [0.2, 0.25) is 0 Å². The van der Waals surface area contributed by atoms with E-state index < -0.39 is 0 Å². The number of rotatable bonds is 5. The third-order valence-corrected chi connectivity index (χ3v) is 5.36. The van der Waals surface area contributed by atoms with E-state index in [4.69, 9.17) is 0 Å². The molecule has 0 spiro atoms. The van der Waals surface area contributed by atoms with E-state index in [0.29, 0.717) is 10.3 Å². The molecule has 0 saturated carbocycles. The van der Waals surface area contributed by atoms with Crippen LogP contribution in [0.15, 0.2) is 41.0 Å². The number of thiazole rings is 1. The zero-order chi connectivity index (χ0) is 17.1. The summed E-state index contributed by atoms with van der Waals surface area (Å²) < 4.78 is 1.92. The van der Waals surface area contributed by atoms with Crippen LogP contribution in [0, 0.1) is 6.92 Å². The number of aromatic nitrogens is 4. The minimum atomic E-state index is -0.304. The van der Waals surface area contributed by atoms with Crippen molar-refractivity contribution in [2.24, 2.45) is 7.05 Å². The van der Waals surface area contributed by atoms with E-state index >= 15 is 0 Å². The highest BCUT2D eigenvalue weighted by atomic mass is 32.2. The van der Waals surface area contributed by atoms with Gasteiger partial charge in [-0.25, -0.2) is 4.98 Å². The Morgan fingerprint density at radius 1 is 1.33 bits per heavy atom. The zero-order valence-corrected chi connectivity index (χ0v) is 15.2. The maximum absolute atomic E-state index is 12.2. The summed E-state index contributed by atoms with van der Waals surface area (Å²) in [6.45, 7) is 3.89. The van der Waals surface area contributed by atoms with Crippen molar-refractivity contribution in [3.63, 3.8) is 0 Å². The summed E-state index contributed by atoms with van der Waals surface area (Å²) >= 11 is 2.77. The van der Waals surface area contributed by atoms with Crippen molar-refractivity contribution in [3.05, 3.63) is 41.4 Å². The van der Waals surface area contributed by atoms with Gasteiger partial charge in [-0.3, -0.25) is 4.79 Å². The van der Waals surface area contributed by atoms with Gasteiger partial charge in [0.15, 0.2) is 16.1 Å². The van der Waals surface area contributed by atoms with Gasteiger partial charge in [0.25, 0.3) is 0 Å². The number of carbonyl (C=O) groups excluding carboxylic acids is 1. The number of hydrogen-bond donors (Lipinski definition) is 1. The third kappa shape index (κ3) is 3.49. The van der Waals surface area contributed by atoms with Gasteiger partial charge in [0.05, 0.1) is 5.25 Å². The van der Waals surface area contributed by atoms with Crippen LogP contribution in [-0.2, 0) is 11.8 Å².